The second kappa shape index (κ2) is 16.7. The Kier molecular flexibility index (Phi) is 16.9. The first kappa shape index (κ1) is 32.3. The lowest BCUT2D eigenvalue weighted by Crippen LogP contribution is -2.48. The fourth-order valence-electron chi connectivity index (χ4n) is 3.47. The molecule has 32 heavy (non-hydrogen) atoms. The van der Waals surface area contributed by atoms with E-state index in [9.17, 15) is 14.4 Å². The largest absolute Gasteiger partial charge is 0.463 e. The van der Waals surface area contributed by atoms with Gasteiger partial charge < -0.3 is 15.0 Å². The van der Waals surface area contributed by atoms with Gasteiger partial charge in [-0.1, -0.05) is 67.9 Å². The minimum Gasteiger partial charge on any atom is -0.463 e. The Morgan fingerprint density at radius 1 is 1.00 bits per heavy atom. The van der Waals surface area contributed by atoms with Gasteiger partial charge in [0.2, 0.25) is 11.8 Å². The maximum Gasteiger partial charge on any atom is 0.333 e. The van der Waals surface area contributed by atoms with E-state index in [1.165, 1.54) is 0 Å². The summed E-state index contributed by atoms with van der Waals surface area (Å²) < 4.78 is 5.02. The van der Waals surface area contributed by atoms with Crippen LogP contribution in [0.15, 0.2) is 11.6 Å². The number of amides is 2. The SMILES string of the molecule is CC(C)C.CCCC(CC)(CC)C(=O)NCC(=O)N(C)[C@H](/C=C(\C)C(=O)OCC)C(C)C. The number of carbonyl (C=O) groups excluding carboxylic acids is 3. The van der Waals surface area contributed by atoms with Crippen LogP contribution in [0.2, 0.25) is 0 Å². The number of nitrogens with zero attached hydrogens (tertiary/aromatic N) is 1. The summed E-state index contributed by atoms with van der Waals surface area (Å²) in [5.41, 5.74) is 0.0639. The number of carbonyl (C=O) groups is 3. The van der Waals surface area contributed by atoms with Crippen molar-refractivity contribution in [3.05, 3.63) is 11.6 Å². The molecule has 1 atom stereocenters. The van der Waals surface area contributed by atoms with Gasteiger partial charge in [-0.25, -0.2) is 4.79 Å². The van der Waals surface area contributed by atoms with E-state index in [0.717, 1.165) is 31.6 Å². The van der Waals surface area contributed by atoms with Gasteiger partial charge in [0.05, 0.1) is 19.2 Å². The van der Waals surface area contributed by atoms with Crippen LogP contribution in [0.1, 0.15) is 94.9 Å². The zero-order valence-corrected chi connectivity index (χ0v) is 22.6. The molecule has 0 saturated heterocycles. The third-order valence-corrected chi connectivity index (χ3v) is 5.51. The molecule has 0 aliphatic carbocycles. The number of hydrogen-bond donors (Lipinski definition) is 1. The van der Waals surface area contributed by atoms with Gasteiger partial charge in [0.15, 0.2) is 0 Å². The lowest BCUT2D eigenvalue weighted by Gasteiger charge is -2.32. The van der Waals surface area contributed by atoms with Gasteiger partial charge in [-0.15, -0.1) is 0 Å². The summed E-state index contributed by atoms with van der Waals surface area (Å²) in [5.74, 6) is 0.329. The highest BCUT2D eigenvalue weighted by molar-refractivity contribution is 5.89. The molecular formula is C26H50N2O4. The number of hydrogen-bond acceptors (Lipinski definition) is 4. The van der Waals surface area contributed by atoms with Crippen LogP contribution >= 0.6 is 0 Å². The fraction of sp³-hybridized carbons (Fsp3) is 0.808. The normalized spacial score (nSPS) is 12.7. The quantitative estimate of drug-likeness (QED) is 0.318. The van der Waals surface area contributed by atoms with Crippen molar-refractivity contribution >= 4 is 17.8 Å². The first-order chi connectivity index (χ1) is 14.8. The van der Waals surface area contributed by atoms with Gasteiger partial charge in [0.25, 0.3) is 0 Å². The number of rotatable bonds is 12. The van der Waals surface area contributed by atoms with Crippen molar-refractivity contribution in [3.8, 4) is 0 Å². The Bertz CT molecular complexity index is 590. The Balaban J connectivity index is 0. The van der Waals surface area contributed by atoms with E-state index in [4.69, 9.17) is 4.74 Å². The molecule has 0 unspecified atom stereocenters. The Morgan fingerprint density at radius 3 is 1.88 bits per heavy atom. The van der Waals surface area contributed by atoms with Crippen LogP contribution < -0.4 is 5.32 Å². The van der Waals surface area contributed by atoms with Crippen molar-refractivity contribution in [2.24, 2.45) is 17.3 Å². The Labute approximate surface area is 197 Å². The molecule has 0 bridgehead atoms. The lowest BCUT2D eigenvalue weighted by atomic mass is 9.77. The van der Waals surface area contributed by atoms with Crippen LogP contribution in [0.3, 0.4) is 0 Å². The minimum absolute atomic E-state index is 0.0453. The zero-order chi connectivity index (χ0) is 25.5. The van der Waals surface area contributed by atoms with Gasteiger partial charge in [0.1, 0.15) is 0 Å². The average Bonchev–Trinajstić information content (AvgIpc) is 2.72. The van der Waals surface area contributed by atoms with Gasteiger partial charge >= 0.3 is 5.97 Å². The monoisotopic (exact) mass is 454 g/mol. The fourth-order valence-corrected chi connectivity index (χ4v) is 3.47. The molecule has 0 radical (unpaired) electrons. The summed E-state index contributed by atoms with van der Waals surface area (Å²) in [4.78, 5) is 38.9. The number of likely N-dealkylation sites (N-methyl/N-ethyl adjacent to an activating group) is 1. The number of ether oxygens (including phenoxy) is 1. The van der Waals surface area contributed by atoms with Gasteiger partial charge in [-0.2, -0.15) is 0 Å². The maximum atomic E-state index is 12.7. The average molecular weight is 455 g/mol. The predicted octanol–water partition coefficient (Wildman–Crippen LogP) is 5.36. The molecule has 6 heteroatoms. The smallest absolute Gasteiger partial charge is 0.333 e. The molecule has 0 aromatic carbocycles. The third-order valence-electron chi connectivity index (χ3n) is 5.51. The molecule has 2 amide bonds. The van der Waals surface area contributed by atoms with E-state index in [0.29, 0.717) is 12.2 Å². The van der Waals surface area contributed by atoms with Crippen LogP contribution in [0.5, 0.6) is 0 Å². The van der Waals surface area contributed by atoms with Crippen molar-refractivity contribution in [2.45, 2.75) is 101 Å². The highest BCUT2D eigenvalue weighted by Gasteiger charge is 2.34. The van der Waals surface area contributed by atoms with Crippen molar-refractivity contribution in [1.82, 2.24) is 10.2 Å². The third kappa shape index (κ3) is 11.7. The van der Waals surface area contributed by atoms with Crippen LogP contribution in [0, 0.1) is 17.3 Å². The second-order valence-corrected chi connectivity index (χ2v) is 9.46. The topological polar surface area (TPSA) is 75.7 Å². The predicted molar refractivity (Wildman–Crippen MR) is 133 cm³/mol. The standard InChI is InChI=1S/C22H40N2O4.C4H10/c1-9-13-22(10-2,11-3)21(27)23-15-19(25)24(8)18(16(5)6)14-17(7)20(26)28-12-4;1-4(2)3/h14,16,18H,9-13,15H2,1-8H3,(H,23,27);4H,1-3H3/b17-14+;/t18-;/m1./s1. The van der Waals surface area contributed by atoms with Gasteiger partial charge in [-0.3, -0.25) is 9.59 Å². The van der Waals surface area contributed by atoms with Crippen LogP contribution in [-0.4, -0.2) is 48.9 Å². The molecule has 0 aromatic heterocycles. The molecule has 1 N–H and O–H groups in total. The first-order valence-corrected chi connectivity index (χ1v) is 12.2. The molecule has 0 aliphatic heterocycles. The summed E-state index contributed by atoms with van der Waals surface area (Å²) in [6, 6.07) is -0.258. The summed E-state index contributed by atoms with van der Waals surface area (Å²) in [7, 11) is 1.70. The molecular weight excluding hydrogens is 404 g/mol. The molecule has 6 nitrogen and oxygen atoms in total. The van der Waals surface area contributed by atoms with E-state index in [1.54, 1.807) is 31.9 Å². The number of esters is 1. The molecule has 0 saturated carbocycles. The van der Waals surface area contributed by atoms with E-state index in [-0.39, 0.29) is 36.3 Å². The highest BCUT2D eigenvalue weighted by Crippen LogP contribution is 2.32. The summed E-state index contributed by atoms with van der Waals surface area (Å²) in [6.45, 7) is 20.3. The van der Waals surface area contributed by atoms with Crippen molar-refractivity contribution in [3.63, 3.8) is 0 Å². The molecule has 188 valence electrons. The molecule has 0 rings (SSSR count). The summed E-state index contributed by atoms with van der Waals surface area (Å²) in [6.07, 6.45) is 5.01. The lowest BCUT2D eigenvalue weighted by molar-refractivity contribution is -0.138. The zero-order valence-electron chi connectivity index (χ0n) is 22.6. The molecule has 0 aromatic rings. The van der Waals surface area contributed by atoms with E-state index < -0.39 is 5.41 Å². The van der Waals surface area contributed by atoms with E-state index in [1.807, 2.05) is 27.7 Å². The van der Waals surface area contributed by atoms with Crippen LogP contribution in [0.4, 0.5) is 0 Å². The van der Waals surface area contributed by atoms with Crippen molar-refractivity contribution in [2.75, 3.05) is 20.2 Å². The molecule has 0 aliphatic rings. The first-order valence-electron chi connectivity index (χ1n) is 12.2. The van der Waals surface area contributed by atoms with Crippen molar-refractivity contribution < 1.29 is 19.1 Å². The summed E-state index contributed by atoms with van der Waals surface area (Å²) >= 11 is 0. The van der Waals surface area contributed by atoms with Gasteiger partial charge in [0, 0.05) is 18.0 Å². The number of nitrogens with one attached hydrogen (secondary N) is 1. The highest BCUT2D eigenvalue weighted by atomic mass is 16.5. The van der Waals surface area contributed by atoms with Crippen LogP contribution in [-0.2, 0) is 19.1 Å². The van der Waals surface area contributed by atoms with Gasteiger partial charge in [-0.05, 0) is 44.9 Å². The van der Waals surface area contributed by atoms with E-state index >= 15 is 0 Å². The van der Waals surface area contributed by atoms with E-state index in [2.05, 4.69) is 33.0 Å². The Morgan fingerprint density at radius 2 is 1.50 bits per heavy atom. The molecule has 0 heterocycles. The minimum atomic E-state index is -0.411. The second-order valence-electron chi connectivity index (χ2n) is 9.46. The Hall–Kier alpha value is -1.85. The van der Waals surface area contributed by atoms with Crippen LogP contribution in [0.25, 0.3) is 0 Å². The summed E-state index contributed by atoms with van der Waals surface area (Å²) in [5, 5.41) is 2.84. The maximum absolute atomic E-state index is 12.7. The van der Waals surface area contributed by atoms with Crippen molar-refractivity contribution in [1.29, 1.82) is 0 Å². The molecule has 0 fully saturated rings. The molecule has 0 spiro atoms.